The van der Waals surface area contributed by atoms with E-state index in [0.717, 1.165) is 44.2 Å². The van der Waals surface area contributed by atoms with Gasteiger partial charge in [0.05, 0.1) is 24.6 Å². The highest BCUT2D eigenvalue weighted by atomic mass is 16.5. The predicted octanol–water partition coefficient (Wildman–Crippen LogP) is 1.79. The van der Waals surface area contributed by atoms with Crippen molar-refractivity contribution in [3.8, 4) is 0 Å². The maximum atomic E-state index is 5.49. The summed E-state index contributed by atoms with van der Waals surface area (Å²) in [5, 5.41) is 11.7. The third kappa shape index (κ3) is 3.73. The number of ether oxygens (including phenoxy) is 1. The van der Waals surface area contributed by atoms with Crippen LogP contribution in [0.25, 0.3) is 0 Å². The Kier molecular flexibility index (Phi) is 5.20. The zero-order valence-electron chi connectivity index (χ0n) is 13.7. The van der Waals surface area contributed by atoms with Gasteiger partial charge in [0.15, 0.2) is 0 Å². The molecule has 1 saturated heterocycles. The summed E-state index contributed by atoms with van der Waals surface area (Å²) in [6, 6.07) is 0.671. The Morgan fingerprint density at radius 1 is 1.09 bits per heavy atom. The van der Waals surface area contributed by atoms with Crippen LogP contribution in [0.15, 0.2) is 0 Å². The Labute approximate surface area is 132 Å². The Hall–Kier alpha value is -1.27. The lowest BCUT2D eigenvalue weighted by Crippen LogP contribution is -2.49. The molecule has 1 aliphatic heterocycles. The van der Waals surface area contributed by atoms with Crippen LogP contribution < -0.4 is 5.32 Å². The molecule has 6 nitrogen and oxygen atoms in total. The lowest BCUT2D eigenvalue weighted by atomic mass is 9.83. The third-order valence-corrected chi connectivity index (χ3v) is 5.00. The van der Waals surface area contributed by atoms with E-state index in [9.17, 15) is 0 Å². The van der Waals surface area contributed by atoms with Crippen molar-refractivity contribution in [2.45, 2.75) is 45.6 Å². The molecule has 0 aromatic carbocycles. The van der Waals surface area contributed by atoms with Gasteiger partial charge in [-0.2, -0.15) is 5.10 Å². The van der Waals surface area contributed by atoms with Crippen molar-refractivity contribution in [3.05, 3.63) is 11.4 Å². The zero-order valence-corrected chi connectivity index (χ0v) is 13.7. The molecule has 3 rings (SSSR count). The van der Waals surface area contributed by atoms with Crippen molar-refractivity contribution in [1.29, 1.82) is 0 Å². The van der Waals surface area contributed by atoms with E-state index in [4.69, 9.17) is 4.74 Å². The number of anilines is 1. The average Bonchev–Trinajstić information content (AvgIpc) is 2.57. The monoisotopic (exact) mass is 305 g/mol. The summed E-state index contributed by atoms with van der Waals surface area (Å²) in [5.74, 6) is 1.33. The summed E-state index contributed by atoms with van der Waals surface area (Å²) < 4.78 is 5.49. The van der Waals surface area contributed by atoms with E-state index in [1.165, 1.54) is 25.7 Å². The van der Waals surface area contributed by atoms with E-state index < -0.39 is 0 Å². The van der Waals surface area contributed by atoms with Crippen LogP contribution in [0.1, 0.15) is 37.1 Å². The second kappa shape index (κ2) is 7.33. The van der Waals surface area contributed by atoms with Gasteiger partial charge in [0, 0.05) is 25.7 Å². The van der Waals surface area contributed by atoms with Gasteiger partial charge in [0.1, 0.15) is 0 Å². The highest BCUT2D eigenvalue weighted by Gasteiger charge is 2.30. The molecular weight excluding hydrogens is 278 g/mol. The van der Waals surface area contributed by atoms with Crippen molar-refractivity contribution < 1.29 is 4.74 Å². The van der Waals surface area contributed by atoms with Crippen molar-refractivity contribution in [2.75, 3.05) is 38.2 Å². The van der Waals surface area contributed by atoms with Crippen molar-refractivity contribution in [3.63, 3.8) is 0 Å². The fourth-order valence-corrected chi connectivity index (χ4v) is 3.57. The molecule has 6 heteroatoms. The van der Waals surface area contributed by atoms with Crippen molar-refractivity contribution in [1.82, 2.24) is 20.1 Å². The molecule has 1 N–H and O–H groups in total. The van der Waals surface area contributed by atoms with Crippen LogP contribution in [0.2, 0.25) is 0 Å². The third-order valence-electron chi connectivity index (χ3n) is 5.00. The molecular formula is C16H27N5O. The van der Waals surface area contributed by atoms with Gasteiger partial charge >= 0.3 is 0 Å². The van der Waals surface area contributed by atoms with Crippen LogP contribution in [0, 0.1) is 19.8 Å². The molecule has 0 bridgehead atoms. The molecule has 1 aromatic rings. The fraction of sp³-hybridized carbons (Fsp3) is 0.812. The van der Waals surface area contributed by atoms with Crippen LogP contribution in [0.5, 0.6) is 0 Å². The number of nitrogens with zero attached hydrogens (tertiary/aromatic N) is 4. The zero-order chi connectivity index (χ0) is 15.4. The normalized spacial score (nSPS) is 26.8. The molecule has 0 amide bonds. The number of aryl methyl sites for hydroxylation is 2. The van der Waals surface area contributed by atoms with E-state index >= 15 is 0 Å². The second-order valence-electron chi connectivity index (χ2n) is 6.45. The van der Waals surface area contributed by atoms with Gasteiger partial charge in [-0.1, -0.05) is 12.8 Å². The molecule has 2 aliphatic rings. The van der Waals surface area contributed by atoms with Crippen molar-refractivity contribution >= 4 is 5.95 Å². The minimum absolute atomic E-state index is 0.661. The summed E-state index contributed by atoms with van der Waals surface area (Å²) in [6.07, 6.45) is 5.27. The average molecular weight is 305 g/mol. The topological polar surface area (TPSA) is 63.2 Å². The van der Waals surface area contributed by atoms with E-state index in [1.54, 1.807) is 0 Å². The Bertz CT molecular complexity index is 489. The van der Waals surface area contributed by atoms with Crippen LogP contribution in [-0.2, 0) is 4.74 Å². The summed E-state index contributed by atoms with van der Waals surface area (Å²) in [6.45, 7) is 8.75. The maximum absolute atomic E-state index is 5.49. The van der Waals surface area contributed by atoms with E-state index in [2.05, 4.69) is 25.4 Å². The van der Waals surface area contributed by atoms with Crippen molar-refractivity contribution in [2.24, 2.45) is 5.92 Å². The standard InChI is InChI=1S/C16H27N5O/c1-12-13(2)19-20-16(18-12)17-11-14-5-3-4-6-15(14)21-7-9-22-10-8-21/h14-15H,3-11H2,1-2H3,(H,17,18,20)/t14-,15-/m0/s1. The fourth-order valence-electron chi connectivity index (χ4n) is 3.57. The highest BCUT2D eigenvalue weighted by molar-refractivity contribution is 5.24. The highest BCUT2D eigenvalue weighted by Crippen LogP contribution is 2.29. The molecule has 0 unspecified atom stereocenters. The SMILES string of the molecule is Cc1nnc(NC[C@@H]2CCCC[C@@H]2N2CCOCC2)nc1C. The molecule has 1 aromatic heterocycles. The molecule has 2 heterocycles. The number of hydrogen-bond donors (Lipinski definition) is 1. The summed E-state index contributed by atoms with van der Waals surface area (Å²) in [7, 11) is 0. The minimum atomic E-state index is 0.661. The molecule has 2 atom stereocenters. The first-order chi connectivity index (χ1) is 10.7. The van der Waals surface area contributed by atoms with Gasteiger partial charge in [0.25, 0.3) is 0 Å². The van der Waals surface area contributed by atoms with Crippen LogP contribution in [0.3, 0.4) is 0 Å². The number of hydrogen-bond acceptors (Lipinski definition) is 6. The number of aromatic nitrogens is 3. The number of rotatable bonds is 4. The van der Waals surface area contributed by atoms with E-state index in [-0.39, 0.29) is 0 Å². The van der Waals surface area contributed by atoms with Gasteiger partial charge in [0.2, 0.25) is 5.95 Å². The smallest absolute Gasteiger partial charge is 0.242 e. The predicted molar refractivity (Wildman–Crippen MR) is 85.9 cm³/mol. The molecule has 0 spiro atoms. The van der Waals surface area contributed by atoms with Crippen LogP contribution >= 0.6 is 0 Å². The first kappa shape index (κ1) is 15.6. The lowest BCUT2D eigenvalue weighted by molar-refractivity contribution is -0.00542. The summed E-state index contributed by atoms with van der Waals surface area (Å²) in [5.41, 5.74) is 1.85. The molecule has 1 aliphatic carbocycles. The lowest BCUT2D eigenvalue weighted by Gasteiger charge is -2.41. The van der Waals surface area contributed by atoms with Gasteiger partial charge in [-0.15, -0.1) is 5.10 Å². The molecule has 0 radical (unpaired) electrons. The first-order valence-electron chi connectivity index (χ1n) is 8.47. The Morgan fingerprint density at radius 3 is 2.64 bits per heavy atom. The maximum Gasteiger partial charge on any atom is 0.242 e. The summed E-state index contributed by atoms with van der Waals surface area (Å²) >= 11 is 0. The van der Waals surface area contributed by atoms with Gasteiger partial charge in [-0.3, -0.25) is 4.90 Å². The largest absolute Gasteiger partial charge is 0.379 e. The van der Waals surface area contributed by atoms with E-state index in [1.807, 2.05) is 13.8 Å². The first-order valence-corrected chi connectivity index (χ1v) is 8.47. The Morgan fingerprint density at radius 2 is 1.86 bits per heavy atom. The number of morpholine rings is 1. The molecule has 122 valence electrons. The molecule has 22 heavy (non-hydrogen) atoms. The quantitative estimate of drug-likeness (QED) is 0.915. The molecule has 1 saturated carbocycles. The minimum Gasteiger partial charge on any atom is -0.379 e. The summed E-state index contributed by atoms with van der Waals surface area (Å²) in [4.78, 5) is 7.10. The number of nitrogens with one attached hydrogen (secondary N) is 1. The second-order valence-corrected chi connectivity index (χ2v) is 6.45. The van der Waals surface area contributed by atoms with E-state index in [0.29, 0.717) is 17.9 Å². The Balaban J connectivity index is 1.59. The van der Waals surface area contributed by atoms with Gasteiger partial charge in [-0.05, 0) is 32.6 Å². The van der Waals surface area contributed by atoms with Crippen LogP contribution in [-0.4, -0.2) is 59.0 Å². The van der Waals surface area contributed by atoms with Gasteiger partial charge < -0.3 is 10.1 Å². The van der Waals surface area contributed by atoms with Crippen LogP contribution in [0.4, 0.5) is 5.95 Å². The van der Waals surface area contributed by atoms with Gasteiger partial charge in [-0.25, -0.2) is 4.98 Å². The molecule has 2 fully saturated rings.